The lowest BCUT2D eigenvalue weighted by molar-refractivity contribution is -0.143. The highest BCUT2D eigenvalue weighted by Crippen LogP contribution is 2.22. The molecule has 7 nitrogen and oxygen atoms in total. The van der Waals surface area contributed by atoms with Gasteiger partial charge in [0.1, 0.15) is 5.52 Å². The number of methoxy groups -OCH3 is 1. The molecule has 1 amide bonds. The van der Waals surface area contributed by atoms with Crippen LogP contribution in [-0.2, 0) is 9.47 Å². The largest absolute Gasteiger partial charge is 0.382 e. The molecule has 1 aliphatic heterocycles. The van der Waals surface area contributed by atoms with Gasteiger partial charge in [-0.05, 0) is 26.0 Å². The van der Waals surface area contributed by atoms with E-state index in [4.69, 9.17) is 9.47 Å². The third-order valence-electron chi connectivity index (χ3n) is 3.67. The van der Waals surface area contributed by atoms with Gasteiger partial charge in [0.2, 0.25) is 5.82 Å². The van der Waals surface area contributed by atoms with Gasteiger partial charge in [0.15, 0.2) is 0 Å². The minimum Gasteiger partial charge on any atom is -0.382 e. The number of nitrogens with zero attached hydrogens (tertiary/aromatic N) is 4. The number of amides is 1. The summed E-state index contributed by atoms with van der Waals surface area (Å²) in [5.74, 6) is -0.127. The molecule has 1 aromatic heterocycles. The third kappa shape index (κ3) is 3.46. The number of fused-ring (bicyclic) bond motifs is 1. The van der Waals surface area contributed by atoms with Gasteiger partial charge in [-0.3, -0.25) is 4.79 Å². The van der Waals surface area contributed by atoms with Crippen LogP contribution in [0.4, 0.5) is 0 Å². The lowest BCUT2D eigenvalue weighted by Gasteiger charge is -2.42. The number of hydrogen-bond donors (Lipinski definition) is 0. The first-order valence-corrected chi connectivity index (χ1v) is 7.54. The lowest BCUT2D eigenvalue weighted by Crippen LogP contribution is -2.56. The summed E-state index contributed by atoms with van der Waals surface area (Å²) in [6.45, 7) is 5.27. The SMILES string of the molecule is COCC1CN(C(=O)c2nnc3ccccc3n2)CC(C)(C)O1. The Balaban J connectivity index is 1.85. The molecule has 0 saturated carbocycles. The molecule has 1 aliphatic rings. The lowest BCUT2D eigenvalue weighted by atomic mass is 10.1. The van der Waals surface area contributed by atoms with Gasteiger partial charge in [-0.1, -0.05) is 12.1 Å². The maximum Gasteiger partial charge on any atom is 0.293 e. The number of carbonyl (C=O) groups excluding carboxylic acids is 1. The molecule has 1 atom stereocenters. The second-order valence-electron chi connectivity index (χ2n) is 6.26. The van der Waals surface area contributed by atoms with Crippen LogP contribution >= 0.6 is 0 Å². The van der Waals surface area contributed by atoms with Crippen molar-refractivity contribution in [3.8, 4) is 0 Å². The first kappa shape index (κ1) is 15.8. The summed E-state index contributed by atoms with van der Waals surface area (Å²) in [6, 6.07) is 7.35. The van der Waals surface area contributed by atoms with Crippen molar-refractivity contribution in [1.29, 1.82) is 0 Å². The highest BCUT2D eigenvalue weighted by atomic mass is 16.5. The standard InChI is InChI=1S/C16H20N4O3/c1-16(2)10-20(8-11(23-16)9-22-3)15(21)14-17-12-6-4-5-7-13(12)18-19-14/h4-7,11H,8-10H2,1-3H3. The maximum absolute atomic E-state index is 12.7. The van der Waals surface area contributed by atoms with Crippen molar-refractivity contribution in [2.75, 3.05) is 26.8 Å². The molecule has 7 heteroatoms. The maximum atomic E-state index is 12.7. The van der Waals surface area contributed by atoms with Crippen molar-refractivity contribution in [3.63, 3.8) is 0 Å². The van der Waals surface area contributed by atoms with Crippen molar-refractivity contribution in [3.05, 3.63) is 30.1 Å². The summed E-state index contributed by atoms with van der Waals surface area (Å²) in [4.78, 5) is 18.8. The van der Waals surface area contributed by atoms with Crippen LogP contribution in [0.25, 0.3) is 11.0 Å². The van der Waals surface area contributed by atoms with E-state index < -0.39 is 5.60 Å². The average Bonchev–Trinajstić information content (AvgIpc) is 2.52. The smallest absolute Gasteiger partial charge is 0.293 e. The van der Waals surface area contributed by atoms with E-state index in [1.54, 1.807) is 12.0 Å². The zero-order chi connectivity index (χ0) is 16.4. The quantitative estimate of drug-likeness (QED) is 0.849. The van der Waals surface area contributed by atoms with E-state index in [1.165, 1.54) is 0 Å². The monoisotopic (exact) mass is 316 g/mol. The Labute approximate surface area is 134 Å². The van der Waals surface area contributed by atoms with Gasteiger partial charge in [-0.15, -0.1) is 10.2 Å². The van der Waals surface area contributed by atoms with Crippen LogP contribution in [0.2, 0.25) is 0 Å². The van der Waals surface area contributed by atoms with Gasteiger partial charge in [0, 0.05) is 20.2 Å². The topological polar surface area (TPSA) is 77.4 Å². The number of hydrogen-bond acceptors (Lipinski definition) is 6. The summed E-state index contributed by atoms with van der Waals surface area (Å²) in [6.07, 6.45) is -0.166. The number of benzene rings is 1. The molecule has 1 saturated heterocycles. The second kappa shape index (κ2) is 6.17. The number of rotatable bonds is 3. The molecule has 1 aromatic carbocycles. The Bertz CT molecular complexity index is 719. The van der Waals surface area contributed by atoms with E-state index in [0.29, 0.717) is 30.7 Å². The minimum atomic E-state index is -0.443. The summed E-state index contributed by atoms with van der Waals surface area (Å²) in [7, 11) is 1.62. The molecule has 1 unspecified atom stereocenters. The van der Waals surface area contributed by atoms with E-state index >= 15 is 0 Å². The Hall–Kier alpha value is -2.12. The molecule has 1 fully saturated rings. The van der Waals surface area contributed by atoms with Gasteiger partial charge in [0.25, 0.3) is 5.91 Å². The second-order valence-corrected chi connectivity index (χ2v) is 6.26. The van der Waals surface area contributed by atoms with E-state index in [0.717, 1.165) is 0 Å². The number of morpholine rings is 1. The van der Waals surface area contributed by atoms with Crippen LogP contribution in [0, 0.1) is 0 Å². The number of aromatic nitrogens is 3. The molecule has 2 aromatic rings. The summed E-state index contributed by atoms with van der Waals surface area (Å²) >= 11 is 0. The summed E-state index contributed by atoms with van der Waals surface area (Å²) in [5.41, 5.74) is 0.886. The third-order valence-corrected chi connectivity index (χ3v) is 3.67. The summed E-state index contributed by atoms with van der Waals surface area (Å²) in [5, 5.41) is 8.05. The highest BCUT2D eigenvalue weighted by Gasteiger charge is 2.36. The Morgan fingerprint density at radius 2 is 2.09 bits per heavy atom. The Morgan fingerprint density at radius 3 is 2.83 bits per heavy atom. The van der Waals surface area contributed by atoms with Gasteiger partial charge in [-0.25, -0.2) is 4.98 Å². The highest BCUT2D eigenvalue weighted by molar-refractivity contribution is 5.92. The first-order chi connectivity index (χ1) is 11.0. The molecule has 0 radical (unpaired) electrons. The average molecular weight is 316 g/mol. The van der Waals surface area contributed by atoms with Crippen LogP contribution in [0.1, 0.15) is 24.5 Å². The van der Waals surface area contributed by atoms with Crippen LogP contribution in [0.5, 0.6) is 0 Å². The summed E-state index contributed by atoms with van der Waals surface area (Å²) < 4.78 is 11.1. The van der Waals surface area contributed by atoms with Crippen molar-refractivity contribution in [2.24, 2.45) is 0 Å². The molecule has 0 bridgehead atoms. The normalized spacial score (nSPS) is 20.7. The Morgan fingerprint density at radius 1 is 1.35 bits per heavy atom. The molecule has 23 heavy (non-hydrogen) atoms. The molecule has 3 rings (SSSR count). The van der Waals surface area contributed by atoms with Crippen molar-refractivity contribution in [2.45, 2.75) is 25.6 Å². The van der Waals surface area contributed by atoms with E-state index in [1.807, 2.05) is 38.1 Å². The van der Waals surface area contributed by atoms with E-state index in [-0.39, 0.29) is 17.8 Å². The van der Waals surface area contributed by atoms with Crippen molar-refractivity contribution >= 4 is 16.9 Å². The molecular formula is C16H20N4O3. The fourth-order valence-corrected chi connectivity index (χ4v) is 2.84. The number of ether oxygens (including phenoxy) is 2. The molecule has 122 valence electrons. The zero-order valence-electron chi connectivity index (χ0n) is 13.5. The zero-order valence-corrected chi connectivity index (χ0v) is 13.5. The van der Waals surface area contributed by atoms with Gasteiger partial charge < -0.3 is 14.4 Å². The van der Waals surface area contributed by atoms with Gasteiger partial charge in [0.05, 0.1) is 23.8 Å². The minimum absolute atomic E-state index is 0.109. The molecular weight excluding hydrogens is 296 g/mol. The van der Waals surface area contributed by atoms with Gasteiger partial charge in [-0.2, -0.15) is 0 Å². The molecule has 0 spiro atoms. The van der Waals surface area contributed by atoms with Crippen LogP contribution < -0.4 is 0 Å². The number of para-hydroxylation sites is 1. The fraction of sp³-hybridized carbons (Fsp3) is 0.500. The molecule has 2 heterocycles. The fourth-order valence-electron chi connectivity index (χ4n) is 2.84. The Kier molecular flexibility index (Phi) is 4.23. The van der Waals surface area contributed by atoms with Crippen LogP contribution in [-0.4, -0.2) is 64.5 Å². The van der Waals surface area contributed by atoms with Crippen LogP contribution in [0.15, 0.2) is 24.3 Å². The number of carbonyl (C=O) groups is 1. The van der Waals surface area contributed by atoms with Gasteiger partial charge >= 0.3 is 0 Å². The predicted molar refractivity (Wildman–Crippen MR) is 84.1 cm³/mol. The van der Waals surface area contributed by atoms with Crippen molar-refractivity contribution in [1.82, 2.24) is 20.1 Å². The molecule has 0 aliphatic carbocycles. The molecule has 0 N–H and O–H groups in total. The van der Waals surface area contributed by atoms with Crippen molar-refractivity contribution < 1.29 is 14.3 Å². The first-order valence-electron chi connectivity index (χ1n) is 7.54. The van der Waals surface area contributed by atoms with E-state index in [2.05, 4.69) is 15.2 Å². The van der Waals surface area contributed by atoms with Crippen LogP contribution in [0.3, 0.4) is 0 Å². The van der Waals surface area contributed by atoms with E-state index in [9.17, 15) is 4.79 Å². The predicted octanol–water partition coefficient (Wildman–Crippen LogP) is 1.29.